The van der Waals surface area contributed by atoms with Crippen LogP contribution in [0.5, 0.6) is 11.5 Å². The Bertz CT molecular complexity index is 1460. The first kappa shape index (κ1) is 28.2. The molecule has 1 aliphatic carbocycles. The van der Waals surface area contributed by atoms with Crippen molar-refractivity contribution >= 4 is 11.7 Å². The van der Waals surface area contributed by atoms with Crippen LogP contribution in [0.25, 0.3) is 11.5 Å². The molecular weight excluding hydrogens is 550 g/mol. The Labute approximate surface area is 231 Å². The second kappa shape index (κ2) is 11.6. The van der Waals surface area contributed by atoms with E-state index in [-0.39, 0.29) is 40.2 Å². The van der Waals surface area contributed by atoms with Gasteiger partial charge < -0.3 is 24.9 Å². The molecular formula is C26H27F4N7O4. The number of hydrazone groups is 1. The summed E-state index contributed by atoms with van der Waals surface area (Å²) in [6.45, 7) is -1.15. The van der Waals surface area contributed by atoms with E-state index in [0.717, 1.165) is 18.9 Å². The van der Waals surface area contributed by atoms with E-state index < -0.39 is 36.2 Å². The van der Waals surface area contributed by atoms with E-state index in [2.05, 4.69) is 31.2 Å². The summed E-state index contributed by atoms with van der Waals surface area (Å²) in [6, 6.07) is 5.12. The standard InChI is InChI=1S/C26H27F4N7O4/c1-12(31)22-21(24(38)32-20(23-34-35-36-37(23)2)16-7-6-15(27)10-17(16)28)33-25(41-22)14-5-8-18(40-26(29)30)19(9-14)39-11-13-3-4-13/h5-10,12-13,20,26,35-36H,3-4,11,31H2,1-2H3,(H,32,38)/t12-,20+/m0/s1. The zero-order valence-electron chi connectivity index (χ0n) is 22.0. The average Bonchev–Trinajstić information content (AvgIpc) is 3.47. The topological polar surface area (TPSA) is 139 Å². The van der Waals surface area contributed by atoms with Crippen molar-refractivity contribution in [3.8, 4) is 23.0 Å². The van der Waals surface area contributed by atoms with Gasteiger partial charge in [0.1, 0.15) is 17.7 Å². The summed E-state index contributed by atoms with van der Waals surface area (Å²) in [5.74, 6) is -2.09. The van der Waals surface area contributed by atoms with Gasteiger partial charge in [-0.15, -0.1) is 10.6 Å². The Morgan fingerprint density at radius 1 is 1.22 bits per heavy atom. The van der Waals surface area contributed by atoms with Gasteiger partial charge in [0.25, 0.3) is 5.91 Å². The van der Waals surface area contributed by atoms with Crippen LogP contribution >= 0.6 is 0 Å². The molecule has 0 saturated heterocycles. The minimum absolute atomic E-state index is 0.0159. The Balaban J connectivity index is 1.47. The van der Waals surface area contributed by atoms with Gasteiger partial charge in [-0.3, -0.25) is 9.80 Å². The summed E-state index contributed by atoms with van der Waals surface area (Å²) >= 11 is 0. The summed E-state index contributed by atoms with van der Waals surface area (Å²) in [5, 5.41) is 8.11. The lowest BCUT2D eigenvalue weighted by Gasteiger charge is -2.23. The highest BCUT2D eigenvalue weighted by Gasteiger charge is 2.32. The molecule has 0 bridgehead atoms. The fraction of sp³-hybridized carbons (Fsp3) is 0.346. The molecule has 3 aromatic rings. The molecule has 15 heteroatoms. The first-order chi connectivity index (χ1) is 19.6. The van der Waals surface area contributed by atoms with Crippen LogP contribution in [0.3, 0.4) is 0 Å². The second-order valence-corrected chi connectivity index (χ2v) is 9.64. The summed E-state index contributed by atoms with van der Waals surface area (Å²) in [7, 11) is 1.57. The minimum Gasteiger partial charge on any atom is -0.489 e. The lowest BCUT2D eigenvalue weighted by molar-refractivity contribution is -0.0515. The maximum Gasteiger partial charge on any atom is 0.387 e. The number of rotatable bonds is 11. The number of amides is 1. The minimum atomic E-state index is -3.06. The van der Waals surface area contributed by atoms with Crippen LogP contribution < -0.4 is 31.6 Å². The first-order valence-corrected chi connectivity index (χ1v) is 12.7. The predicted octanol–water partition coefficient (Wildman–Crippen LogP) is 3.77. The molecule has 2 aromatic carbocycles. The van der Waals surface area contributed by atoms with Gasteiger partial charge in [0, 0.05) is 24.2 Å². The molecule has 0 unspecified atom stereocenters. The van der Waals surface area contributed by atoms with E-state index in [1.807, 2.05) is 0 Å². The number of nitrogens with one attached hydrogen (secondary N) is 3. The number of carbonyl (C=O) groups excluding carboxylic acids is 1. The van der Waals surface area contributed by atoms with Crippen LogP contribution in [0.15, 0.2) is 45.9 Å². The molecule has 1 fully saturated rings. The SMILES string of the molecule is C[C@H](N)c1oc(-c2ccc(OC(F)F)c(OCC3CC3)c2)nc1C(=O)N[C@@H](C1=NNNN1C)c1ccc(F)cc1F. The molecule has 1 amide bonds. The summed E-state index contributed by atoms with van der Waals surface area (Å²) in [5.41, 5.74) is 11.3. The Kier molecular flexibility index (Phi) is 7.99. The van der Waals surface area contributed by atoms with Gasteiger partial charge >= 0.3 is 6.61 Å². The van der Waals surface area contributed by atoms with Crippen molar-refractivity contribution in [2.24, 2.45) is 16.8 Å². The number of nitrogens with zero attached hydrogens (tertiary/aromatic N) is 3. The highest BCUT2D eigenvalue weighted by atomic mass is 19.3. The zero-order valence-corrected chi connectivity index (χ0v) is 22.0. The van der Waals surface area contributed by atoms with Gasteiger partial charge in [0.05, 0.1) is 12.6 Å². The number of hydrogen-bond acceptors (Lipinski definition) is 10. The van der Waals surface area contributed by atoms with E-state index in [1.165, 1.54) is 29.3 Å². The van der Waals surface area contributed by atoms with Crippen molar-refractivity contribution in [1.29, 1.82) is 0 Å². The largest absolute Gasteiger partial charge is 0.489 e. The molecule has 0 spiro atoms. The fourth-order valence-electron chi connectivity index (χ4n) is 4.13. The predicted molar refractivity (Wildman–Crippen MR) is 137 cm³/mol. The van der Waals surface area contributed by atoms with E-state index in [1.54, 1.807) is 14.0 Å². The number of nitrogens with two attached hydrogens (primary N) is 1. The monoisotopic (exact) mass is 577 g/mol. The Hall–Kier alpha value is -4.37. The zero-order chi connectivity index (χ0) is 29.3. The maximum atomic E-state index is 14.8. The van der Waals surface area contributed by atoms with Gasteiger partial charge in [-0.1, -0.05) is 6.07 Å². The van der Waals surface area contributed by atoms with Gasteiger partial charge in [-0.25, -0.2) is 19.3 Å². The Morgan fingerprint density at radius 2 is 2.00 bits per heavy atom. The molecule has 2 atom stereocenters. The molecule has 1 saturated carbocycles. The molecule has 2 aliphatic rings. The van der Waals surface area contributed by atoms with Crippen LogP contribution in [0.4, 0.5) is 17.6 Å². The molecule has 1 aliphatic heterocycles. The van der Waals surface area contributed by atoms with Crippen molar-refractivity contribution in [2.45, 2.75) is 38.5 Å². The van der Waals surface area contributed by atoms with Crippen molar-refractivity contribution in [1.82, 2.24) is 26.4 Å². The van der Waals surface area contributed by atoms with Crippen LogP contribution in [-0.4, -0.2) is 42.0 Å². The number of aromatic nitrogens is 1. The van der Waals surface area contributed by atoms with Crippen LogP contribution in [-0.2, 0) is 0 Å². The Morgan fingerprint density at radius 3 is 2.63 bits per heavy atom. The van der Waals surface area contributed by atoms with Crippen molar-refractivity contribution in [3.05, 3.63) is 65.1 Å². The molecule has 5 rings (SSSR count). The number of amidine groups is 1. The molecule has 0 radical (unpaired) electrons. The van der Waals surface area contributed by atoms with Gasteiger partial charge in [-0.2, -0.15) is 8.78 Å². The third kappa shape index (κ3) is 6.36. The number of hydrazine groups is 2. The lowest BCUT2D eigenvalue weighted by atomic mass is 10.0. The van der Waals surface area contributed by atoms with Crippen LogP contribution in [0, 0.1) is 17.6 Å². The van der Waals surface area contributed by atoms with Crippen molar-refractivity contribution in [2.75, 3.05) is 13.7 Å². The van der Waals surface area contributed by atoms with Crippen LogP contribution in [0.2, 0.25) is 0 Å². The number of hydrogen-bond donors (Lipinski definition) is 4. The number of benzene rings is 2. The molecule has 2 heterocycles. The summed E-state index contributed by atoms with van der Waals surface area (Å²) < 4.78 is 70.5. The van der Waals surface area contributed by atoms with Gasteiger partial charge in [0.2, 0.25) is 5.89 Å². The molecule has 218 valence electrons. The first-order valence-electron chi connectivity index (χ1n) is 12.7. The van der Waals surface area contributed by atoms with Crippen LogP contribution in [0.1, 0.15) is 53.7 Å². The normalized spacial score (nSPS) is 16.3. The third-order valence-electron chi connectivity index (χ3n) is 6.40. The fourth-order valence-corrected chi connectivity index (χ4v) is 4.13. The number of alkyl halides is 2. The molecule has 1 aromatic heterocycles. The summed E-state index contributed by atoms with van der Waals surface area (Å²) in [4.78, 5) is 17.9. The highest BCUT2D eigenvalue weighted by molar-refractivity contribution is 5.99. The third-order valence-corrected chi connectivity index (χ3v) is 6.40. The number of halogens is 4. The highest BCUT2D eigenvalue weighted by Crippen LogP contribution is 2.37. The quantitative estimate of drug-likeness (QED) is 0.251. The maximum absolute atomic E-state index is 14.8. The molecule has 11 nitrogen and oxygen atoms in total. The average molecular weight is 578 g/mol. The number of ether oxygens (including phenoxy) is 2. The van der Waals surface area contributed by atoms with E-state index in [4.69, 9.17) is 14.9 Å². The van der Waals surface area contributed by atoms with E-state index >= 15 is 0 Å². The second-order valence-electron chi connectivity index (χ2n) is 9.64. The smallest absolute Gasteiger partial charge is 0.387 e. The lowest BCUT2D eigenvalue weighted by Crippen LogP contribution is -2.44. The van der Waals surface area contributed by atoms with Crippen molar-refractivity contribution in [3.63, 3.8) is 0 Å². The molecule has 5 N–H and O–H groups in total. The van der Waals surface area contributed by atoms with E-state index in [9.17, 15) is 22.4 Å². The molecule has 41 heavy (non-hydrogen) atoms. The number of oxazole rings is 1. The van der Waals surface area contributed by atoms with Crippen molar-refractivity contribution < 1.29 is 36.2 Å². The number of carbonyl (C=O) groups is 1. The summed E-state index contributed by atoms with van der Waals surface area (Å²) in [6.07, 6.45) is 1.97. The van der Waals surface area contributed by atoms with Gasteiger partial charge in [0.15, 0.2) is 28.8 Å². The van der Waals surface area contributed by atoms with Gasteiger partial charge in [-0.05, 0) is 49.9 Å². The number of likely N-dealkylation sites (N-methyl/N-ethyl adjacent to an activating group) is 1. The van der Waals surface area contributed by atoms with E-state index in [0.29, 0.717) is 24.2 Å².